The fourth-order valence-corrected chi connectivity index (χ4v) is 4.18. The highest BCUT2D eigenvalue weighted by Gasteiger charge is 2.30. The van der Waals surface area contributed by atoms with Crippen LogP contribution in [-0.4, -0.2) is 5.11 Å². The molecule has 1 aromatic carbocycles. The van der Waals surface area contributed by atoms with E-state index in [1.165, 1.54) is 68.1 Å². The van der Waals surface area contributed by atoms with Crippen molar-refractivity contribution in [3.63, 3.8) is 0 Å². The molecule has 104 valence electrons. The summed E-state index contributed by atoms with van der Waals surface area (Å²) in [5, 5.41) is 10.8. The van der Waals surface area contributed by atoms with Gasteiger partial charge in [-0.05, 0) is 54.2 Å². The minimum absolute atomic E-state index is 0.240. The van der Waals surface area contributed by atoms with Crippen LogP contribution in [-0.2, 0) is 12.8 Å². The lowest BCUT2D eigenvalue weighted by atomic mass is 9.73. The van der Waals surface area contributed by atoms with E-state index >= 15 is 0 Å². The Morgan fingerprint density at radius 1 is 1.11 bits per heavy atom. The third-order valence-electron chi connectivity index (χ3n) is 5.36. The van der Waals surface area contributed by atoms with E-state index in [4.69, 9.17) is 0 Å². The predicted octanol–water partition coefficient (Wildman–Crippen LogP) is 4.43. The molecule has 2 aliphatic carbocycles. The second kappa shape index (κ2) is 5.66. The highest BCUT2D eigenvalue weighted by Crippen LogP contribution is 2.40. The fraction of sp³-hybridized carbons (Fsp3) is 0.667. The van der Waals surface area contributed by atoms with Gasteiger partial charge < -0.3 is 5.11 Å². The lowest BCUT2D eigenvalue weighted by Gasteiger charge is -2.34. The quantitative estimate of drug-likeness (QED) is 0.850. The predicted molar refractivity (Wildman–Crippen MR) is 79.2 cm³/mol. The molecule has 1 nitrogen and oxygen atoms in total. The van der Waals surface area contributed by atoms with Crippen molar-refractivity contribution in [1.82, 2.24) is 0 Å². The standard InChI is InChI=1S/C18H26O/c1-2-13-6-3-4-9-17(13)18(19)16-11-10-14-7-5-8-15(14)12-16/h10-13,17-19H,2-9H2,1H3. The first-order valence-corrected chi connectivity index (χ1v) is 8.09. The number of benzene rings is 1. The smallest absolute Gasteiger partial charge is 0.0820 e. The molecule has 2 aliphatic rings. The van der Waals surface area contributed by atoms with Gasteiger partial charge in [0.05, 0.1) is 6.10 Å². The van der Waals surface area contributed by atoms with Crippen molar-refractivity contribution in [2.45, 2.75) is 64.4 Å². The molecule has 0 amide bonds. The first-order valence-electron chi connectivity index (χ1n) is 8.09. The van der Waals surface area contributed by atoms with Gasteiger partial charge in [0.2, 0.25) is 0 Å². The molecule has 0 aromatic heterocycles. The molecule has 1 heteroatoms. The van der Waals surface area contributed by atoms with Crippen molar-refractivity contribution in [3.8, 4) is 0 Å². The van der Waals surface area contributed by atoms with Crippen LogP contribution in [0.4, 0.5) is 0 Å². The van der Waals surface area contributed by atoms with Crippen LogP contribution in [0, 0.1) is 11.8 Å². The van der Waals surface area contributed by atoms with E-state index in [-0.39, 0.29) is 6.10 Å². The maximum Gasteiger partial charge on any atom is 0.0820 e. The van der Waals surface area contributed by atoms with Gasteiger partial charge in [-0.1, -0.05) is 50.8 Å². The van der Waals surface area contributed by atoms with Crippen LogP contribution >= 0.6 is 0 Å². The van der Waals surface area contributed by atoms with Crippen molar-refractivity contribution in [1.29, 1.82) is 0 Å². The second-order valence-corrected chi connectivity index (χ2v) is 6.44. The molecule has 1 aromatic rings. The zero-order valence-corrected chi connectivity index (χ0v) is 12.1. The van der Waals surface area contributed by atoms with Gasteiger partial charge >= 0.3 is 0 Å². The molecule has 3 atom stereocenters. The van der Waals surface area contributed by atoms with Gasteiger partial charge in [0.1, 0.15) is 0 Å². The Morgan fingerprint density at radius 2 is 1.89 bits per heavy atom. The Morgan fingerprint density at radius 3 is 2.74 bits per heavy atom. The molecule has 0 aliphatic heterocycles. The van der Waals surface area contributed by atoms with Gasteiger partial charge in [0.25, 0.3) is 0 Å². The van der Waals surface area contributed by atoms with Crippen molar-refractivity contribution < 1.29 is 5.11 Å². The van der Waals surface area contributed by atoms with Crippen LogP contribution < -0.4 is 0 Å². The molecule has 3 unspecified atom stereocenters. The molecular weight excluding hydrogens is 232 g/mol. The summed E-state index contributed by atoms with van der Waals surface area (Å²) in [6.07, 6.45) is 9.86. The fourth-order valence-electron chi connectivity index (χ4n) is 4.18. The van der Waals surface area contributed by atoms with E-state index in [9.17, 15) is 5.11 Å². The Labute approximate surface area is 117 Å². The summed E-state index contributed by atoms with van der Waals surface area (Å²) in [6.45, 7) is 2.28. The Hall–Kier alpha value is -0.820. The summed E-state index contributed by atoms with van der Waals surface area (Å²) in [5.74, 6) is 1.20. The largest absolute Gasteiger partial charge is 0.388 e. The van der Waals surface area contributed by atoms with E-state index in [2.05, 4.69) is 25.1 Å². The molecule has 1 saturated carbocycles. The van der Waals surface area contributed by atoms with Gasteiger partial charge in [-0.2, -0.15) is 0 Å². The summed E-state index contributed by atoms with van der Waals surface area (Å²) in [6, 6.07) is 6.72. The first kappa shape index (κ1) is 13.2. The van der Waals surface area contributed by atoms with Crippen LogP contribution in [0.25, 0.3) is 0 Å². The molecule has 0 saturated heterocycles. The number of aryl methyl sites for hydroxylation is 2. The maximum absolute atomic E-state index is 10.8. The zero-order valence-electron chi connectivity index (χ0n) is 12.1. The van der Waals surface area contributed by atoms with Gasteiger partial charge in [0.15, 0.2) is 0 Å². The SMILES string of the molecule is CCC1CCCCC1C(O)c1ccc2c(c1)CCC2. The van der Waals surface area contributed by atoms with Crippen LogP contribution in [0.3, 0.4) is 0 Å². The highest BCUT2D eigenvalue weighted by atomic mass is 16.3. The molecule has 0 heterocycles. The van der Waals surface area contributed by atoms with Gasteiger partial charge in [-0.15, -0.1) is 0 Å². The highest BCUT2D eigenvalue weighted by molar-refractivity contribution is 5.36. The maximum atomic E-state index is 10.8. The normalized spacial score (nSPS) is 28.1. The van der Waals surface area contributed by atoms with E-state index in [0.717, 1.165) is 5.92 Å². The van der Waals surface area contributed by atoms with Crippen molar-refractivity contribution in [2.75, 3.05) is 0 Å². The number of hydrogen-bond acceptors (Lipinski definition) is 1. The van der Waals surface area contributed by atoms with E-state index < -0.39 is 0 Å². The minimum Gasteiger partial charge on any atom is -0.388 e. The van der Waals surface area contributed by atoms with Crippen molar-refractivity contribution >= 4 is 0 Å². The minimum atomic E-state index is -0.240. The van der Waals surface area contributed by atoms with Crippen LogP contribution in [0.5, 0.6) is 0 Å². The number of hydrogen-bond donors (Lipinski definition) is 1. The van der Waals surface area contributed by atoms with Crippen LogP contribution in [0.2, 0.25) is 0 Å². The lowest BCUT2D eigenvalue weighted by molar-refractivity contribution is 0.0451. The van der Waals surface area contributed by atoms with E-state index in [1.54, 1.807) is 0 Å². The zero-order chi connectivity index (χ0) is 13.2. The van der Waals surface area contributed by atoms with Gasteiger partial charge in [-0.25, -0.2) is 0 Å². The molecule has 0 spiro atoms. The van der Waals surface area contributed by atoms with Crippen LogP contribution in [0.1, 0.15) is 68.2 Å². The van der Waals surface area contributed by atoms with Gasteiger partial charge in [-0.3, -0.25) is 0 Å². The number of aliphatic hydroxyl groups is 1. The summed E-state index contributed by atoms with van der Waals surface area (Å²) < 4.78 is 0. The van der Waals surface area contributed by atoms with Crippen LogP contribution in [0.15, 0.2) is 18.2 Å². The van der Waals surface area contributed by atoms with Crippen molar-refractivity contribution in [2.24, 2.45) is 11.8 Å². The molecule has 0 bridgehead atoms. The molecule has 1 N–H and O–H groups in total. The molecule has 19 heavy (non-hydrogen) atoms. The third-order valence-corrected chi connectivity index (χ3v) is 5.36. The summed E-state index contributed by atoms with van der Waals surface area (Å²) in [5.41, 5.74) is 4.16. The summed E-state index contributed by atoms with van der Waals surface area (Å²) in [7, 11) is 0. The second-order valence-electron chi connectivity index (χ2n) is 6.44. The Kier molecular flexibility index (Phi) is 3.93. The number of aliphatic hydroxyl groups excluding tert-OH is 1. The van der Waals surface area contributed by atoms with Gasteiger partial charge in [0, 0.05) is 0 Å². The summed E-state index contributed by atoms with van der Waals surface area (Å²) in [4.78, 5) is 0. The average Bonchev–Trinajstić information content (AvgIpc) is 2.93. The third kappa shape index (κ3) is 2.58. The number of rotatable bonds is 3. The van der Waals surface area contributed by atoms with E-state index in [1.807, 2.05) is 0 Å². The topological polar surface area (TPSA) is 20.2 Å². The number of fused-ring (bicyclic) bond motifs is 1. The monoisotopic (exact) mass is 258 g/mol. The van der Waals surface area contributed by atoms with E-state index in [0.29, 0.717) is 5.92 Å². The lowest BCUT2D eigenvalue weighted by Crippen LogP contribution is -2.25. The molecular formula is C18H26O. The average molecular weight is 258 g/mol. The molecule has 3 rings (SSSR count). The molecule has 1 fully saturated rings. The van der Waals surface area contributed by atoms with Crippen molar-refractivity contribution in [3.05, 3.63) is 34.9 Å². The Balaban J connectivity index is 1.80. The molecule has 0 radical (unpaired) electrons. The summed E-state index contributed by atoms with van der Waals surface area (Å²) >= 11 is 0. The Bertz CT molecular complexity index is 437. The first-order chi connectivity index (χ1) is 9.29.